The Bertz CT molecular complexity index is 1150. The van der Waals surface area contributed by atoms with E-state index >= 15 is 0 Å². The van der Waals surface area contributed by atoms with E-state index in [4.69, 9.17) is 4.74 Å². The predicted octanol–water partition coefficient (Wildman–Crippen LogP) is 4.14. The Morgan fingerprint density at radius 3 is 2.88 bits per heavy atom. The van der Waals surface area contributed by atoms with Gasteiger partial charge in [-0.25, -0.2) is 0 Å². The molecule has 1 fully saturated rings. The van der Waals surface area contributed by atoms with Crippen LogP contribution in [0.1, 0.15) is 29.5 Å². The van der Waals surface area contributed by atoms with Gasteiger partial charge in [0.2, 0.25) is 11.8 Å². The van der Waals surface area contributed by atoms with Crippen LogP contribution < -0.4 is 15.0 Å². The Morgan fingerprint density at radius 2 is 2.00 bits per heavy atom. The number of rotatable bonds is 6. The molecule has 0 radical (unpaired) electrons. The molecule has 2 amide bonds. The molecule has 2 aliphatic rings. The summed E-state index contributed by atoms with van der Waals surface area (Å²) >= 11 is 0. The normalized spacial score (nSPS) is 17.3. The van der Waals surface area contributed by atoms with Crippen molar-refractivity contribution in [3.63, 3.8) is 0 Å². The molecule has 1 unspecified atom stereocenters. The number of hydrogen-bond donors (Lipinski definition) is 1. The highest BCUT2D eigenvalue weighted by molar-refractivity contribution is 6.03. The van der Waals surface area contributed by atoms with Gasteiger partial charge < -0.3 is 15.0 Å². The number of nitrogens with one attached hydrogen (secondary N) is 1. The first-order chi connectivity index (χ1) is 15.7. The minimum absolute atomic E-state index is 0.00310. The van der Waals surface area contributed by atoms with Crippen LogP contribution in [-0.2, 0) is 29.0 Å². The van der Waals surface area contributed by atoms with Gasteiger partial charge in [-0.1, -0.05) is 18.2 Å². The molecule has 1 atom stereocenters. The van der Waals surface area contributed by atoms with Crippen LogP contribution in [0.25, 0.3) is 0 Å². The Kier molecular flexibility index (Phi) is 5.58. The van der Waals surface area contributed by atoms with Crippen LogP contribution in [0, 0.1) is 5.92 Å². The van der Waals surface area contributed by atoms with Gasteiger partial charge in [0.15, 0.2) is 0 Å². The second-order valence-corrected chi connectivity index (χ2v) is 8.38. The zero-order valence-electron chi connectivity index (χ0n) is 17.8. The number of nitrogens with zero attached hydrogens (tertiary/aromatic N) is 2. The summed E-state index contributed by atoms with van der Waals surface area (Å²) in [6.45, 7) is 0.804. The molecule has 0 saturated carbocycles. The van der Waals surface area contributed by atoms with E-state index in [-0.39, 0.29) is 24.2 Å². The van der Waals surface area contributed by atoms with Gasteiger partial charge in [0.05, 0.1) is 5.92 Å². The van der Waals surface area contributed by atoms with E-state index in [1.54, 1.807) is 23.4 Å². The molecule has 1 aromatic heterocycles. The lowest BCUT2D eigenvalue weighted by Gasteiger charge is -2.18. The zero-order chi connectivity index (χ0) is 21.9. The molecule has 2 aromatic carbocycles. The van der Waals surface area contributed by atoms with Crippen molar-refractivity contribution in [3.05, 3.63) is 83.7 Å². The Hall–Kier alpha value is -3.67. The fourth-order valence-corrected chi connectivity index (χ4v) is 4.42. The van der Waals surface area contributed by atoms with E-state index in [1.165, 1.54) is 17.5 Å². The van der Waals surface area contributed by atoms with Gasteiger partial charge in [-0.3, -0.25) is 14.6 Å². The number of pyridine rings is 1. The molecule has 6 nitrogen and oxygen atoms in total. The van der Waals surface area contributed by atoms with Crippen molar-refractivity contribution in [1.29, 1.82) is 0 Å². The summed E-state index contributed by atoms with van der Waals surface area (Å²) in [6, 6.07) is 17.4. The first-order valence-corrected chi connectivity index (χ1v) is 11.0. The van der Waals surface area contributed by atoms with Crippen LogP contribution in [0.4, 0.5) is 11.4 Å². The van der Waals surface area contributed by atoms with Gasteiger partial charge in [0, 0.05) is 48.4 Å². The van der Waals surface area contributed by atoms with E-state index < -0.39 is 0 Å². The number of amides is 2. The monoisotopic (exact) mass is 427 g/mol. The lowest BCUT2D eigenvalue weighted by molar-refractivity contribution is -0.122. The quantitative estimate of drug-likeness (QED) is 0.642. The fraction of sp³-hybridized carbons (Fsp3) is 0.269. The second-order valence-electron chi connectivity index (χ2n) is 8.38. The van der Waals surface area contributed by atoms with Gasteiger partial charge in [0.25, 0.3) is 0 Å². The summed E-state index contributed by atoms with van der Waals surface area (Å²) in [6.07, 6.45) is 7.05. The van der Waals surface area contributed by atoms with Crippen LogP contribution in [-0.4, -0.2) is 23.3 Å². The number of aromatic nitrogens is 1. The van der Waals surface area contributed by atoms with E-state index in [9.17, 15) is 9.59 Å². The van der Waals surface area contributed by atoms with Crippen LogP contribution in [0.3, 0.4) is 0 Å². The molecule has 162 valence electrons. The smallest absolute Gasteiger partial charge is 0.229 e. The molecule has 3 aromatic rings. The molecular weight excluding hydrogens is 402 g/mol. The highest BCUT2D eigenvalue weighted by atomic mass is 16.5. The summed E-state index contributed by atoms with van der Waals surface area (Å²) in [7, 11) is 0. The maximum Gasteiger partial charge on any atom is 0.229 e. The average Bonchev–Trinajstić information content (AvgIpc) is 3.44. The van der Waals surface area contributed by atoms with Gasteiger partial charge in [-0.2, -0.15) is 0 Å². The minimum Gasteiger partial charge on any atom is -0.489 e. The van der Waals surface area contributed by atoms with Crippen molar-refractivity contribution < 1.29 is 14.3 Å². The molecule has 0 spiro atoms. The van der Waals surface area contributed by atoms with E-state index in [2.05, 4.69) is 22.4 Å². The van der Waals surface area contributed by atoms with Gasteiger partial charge in [-0.15, -0.1) is 0 Å². The third-order valence-corrected chi connectivity index (χ3v) is 6.12. The van der Waals surface area contributed by atoms with Crippen molar-refractivity contribution in [1.82, 2.24) is 4.98 Å². The lowest BCUT2D eigenvalue weighted by atomic mass is 10.1. The van der Waals surface area contributed by atoms with Gasteiger partial charge >= 0.3 is 0 Å². The maximum atomic E-state index is 12.9. The molecule has 6 heteroatoms. The molecule has 1 saturated heterocycles. The van der Waals surface area contributed by atoms with E-state index in [0.29, 0.717) is 24.6 Å². The lowest BCUT2D eigenvalue weighted by Crippen LogP contribution is -2.28. The molecule has 1 aliphatic carbocycles. The third-order valence-electron chi connectivity index (χ3n) is 6.12. The molecule has 5 rings (SSSR count). The number of benzene rings is 2. The summed E-state index contributed by atoms with van der Waals surface area (Å²) in [4.78, 5) is 31.3. The highest BCUT2D eigenvalue weighted by Crippen LogP contribution is 2.31. The number of fused-ring (bicyclic) bond motifs is 1. The summed E-state index contributed by atoms with van der Waals surface area (Å²) in [5.41, 5.74) is 5.23. The standard InChI is InChI=1S/C26H25N3O3/c30-25-13-21(16-29(25)23-10-9-19-5-1-6-20(19)12-23)26(31)28-22-7-2-8-24(14-22)32-17-18-4-3-11-27-15-18/h2-4,7-12,14-15,21H,1,5-6,13,16-17H2,(H,28,31). The highest BCUT2D eigenvalue weighted by Gasteiger charge is 2.35. The number of anilines is 2. The minimum atomic E-state index is -0.379. The molecule has 1 aliphatic heterocycles. The zero-order valence-corrected chi connectivity index (χ0v) is 17.8. The van der Waals surface area contributed by atoms with Crippen LogP contribution in [0.2, 0.25) is 0 Å². The fourth-order valence-electron chi connectivity index (χ4n) is 4.42. The Morgan fingerprint density at radius 1 is 1.09 bits per heavy atom. The molecule has 32 heavy (non-hydrogen) atoms. The van der Waals surface area contributed by atoms with E-state index in [1.807, 2.05) is 36.4 Å². The number of hydrogen-bond acceptors (Lipinski definition) is 4. The van der Waals surface area contributed by atoms with Crippen molar-refractivity contribution in [2.75, 3.05) is 16.8 Å². The SMILES string of the molecule is O=C(Nc1cccc(OCc2cccnc2)c1)C1CC(=O)N(c2ccc3c(c2)CCC3)C1. The van der Waals surface area contributed by atoms with Crippen molar-refractivity contribution in [2.24, 2.45) is 5.92 Å². The second kappa shape index (κ2) is 8.83. The molecule has 1 N–H and O–H groups in total. The van der Waals surface area contributed by atoms with Crippen LogP contribution >= 0.6 is 0 Å². The third kappa shape index (κ3) is 4.35. The van der Waals surface area contributed by atoms with Crippen molar-refractivity contribution in [2.45, 2.75) is 32.3 Å². The summed E-state index contributed by atoms with van der Waals surface area (Å²) < 4.78 is 5.81. The van der Waals surface area contributed by atoms with Gasteiger partial charge in [-0.05, 0) is 60.7 Å². The molecular formula is C26H25N3O3. The first kappa shape index (κ1) is 20.2. The van der Waals surface area contributed by atoms with Crippen molar-refractivity contribution in [3.8, 4) is 5.75 Å². The summed E-state index contributed by atoms with van der Waals surface area (Å²) in [5, 5.41) is 2.95. The van der Waals surface area contributed by atoms with E-state index in [0.717, 1.165) is 24.1 Å². The number of carbonyl (C=O) groups excluding carboxylic acids is 2. The molecule has 0 bridgehead atoms. The Labute approximate surface area is 187 Å². The number of aryl methyl sites for hydroxylation is 2. The van der Waals surface area contributed by atoms with Gasteiger partial charge in [0.1, 0.15) is 12.4 Å². The topological polar surface area (TPSA) is 71.5 Å². The molecule has 2 heterocycles. The maximum absolute atomic E-state index is 12.9. The predicted molar refractivity (Wildman–Crippen MR) is 123 cm³/mol. The van der Waals surface area contributed by atoms with Crippen LogP contribution in [0.5, 0.6) is 5.75 Å². The van der Waals surface area contributed by atoms with Crippen molar-refractivity contribution >= 4 is 23.2 Å². The number of carbonyl (C=O) groups is 2. The average molecular weight is 428 g/mol. The first-order valence-electron chi connectivity index (χ1n) is 11.0. The largest absolute Gasteiger partial charge is 0.489 e. The van der Waals surface area contributed by atoms with Crippen LogP contribution in [0.15, 0.2) is 67.0 Å². The number of ether oxygens (including phenoxy) is 1. The Balaban J connectivity index is 1.21. The summed E-state index contributed by atoms with van der Waals surface area (Å²) in [5.74, 6) is 0.132.